The van der Waals surface area contributed by atoms with Gasteiger partial charge in [-0.25, -0.2) is 19.1 Å². The molecule has 0 atom stereocenters. The van der Waals surface area contributed by atoms with Gasteiger partial charge < -0.3 is 9.13 Å². The largest absolute Gasteiger partial charge is 0.319 e. The van der Waals surface area contributed by atoms with Crippen LogP contribution < -0.4 is 9.13 Å². The van der Waals surface area contributed by atoms with E-state index in [0.717, 1.165) is 47.7 Å². The minimum Gasteiger partial charge on any atom is -0.319 e. The zero-order chi connectivity index (χ0) is 23.0. The molecule has 4 rings (SSSR count). The van der Waals surface area contributed by atoms with Crippen LogP contribution in [0.5, 0.6) is 0 Å². The summed E-state index contributed by atoms with van der Waals surface area (Å²) in [5, 5.41) is 4.06. The predicted octanol–water partition coefficient (Wildman–Crippen LogP) is 3.52. The summed E-state index contributed by atoms with van der Waals surface area (Å²) < 4.78 is 12.6. The predicted molar refractivity (Wildman–Crippen MR) is 140 cm³/mol. The van der Waals surface area contributed by atoms with Gasteiger partial charge in [0.15, 0.2) is 0 Å². The number of imidazole rings is 4. The number of aryl methyl sites for hydroxylation is 2. The van der Waals surface area contributed by atoms with Crippen molar-refractivity contribution >= 4 is 63.7 Å². The van der Waals surface area contributed by atoms with E-state index in [1.54, 1.807) is 25.0 Å². The lowest BCUT2D eigenvalue weighted by Gasteiger charge is -2.00. The van der Waals surface area contributed by atoms with Gasteiger partial charge in [-0.2, -0.15) is 9.13 Å². The van der Waals surface area contributed by atoms with Gasteiger partial charge in [-0.1, -0.05) is 63.7 Å². The maximum absolute atomic E-state index is 3.93. The van der Waals surface area contributed by atoms with Crippen molar-refractivity contribution < 1.29 is 9.13 Å². The number of halogens is 4. The lowest BCUT2D eigenvalue weighted by atomic mass is 10.7. The summed E-state index contributed by atoms with van der Waals surface area (Å²) in [7, 11) is 0. The molecule has 0 aliphatic heterocycles. The Bertz CT molecular complexity index is 874. The van der Waals surface area contributed by atoms with Gasteiger partial charge in [0.2, 0.25) is 19.3 Å². The van der Waals surface area contributed by atoms with E-state index in [-0.39, 0.29) is 0 Å². The molecule has 4 aromatic heterocycles. The Morgan fingerprint density at radius 3 is 1.41 bits per heavy atom. The van der Waals surface area contributed by atoms with Crippen molar-refractivity contribution in [3.63, 3.8) is 0 Å². The van der Waals surface area contributed by atoms with E-state index in [1.165, 1.54) is 0 Å². The molecule has 0 fully saturated rings. The van der Waals surface area contributed by atoms with Gasteiger partial charge in [0.1, 0.15) is 31.5 Å². The van der Waals surface area contributed by atoms with Gasteiger partial charge >= 0.3 is 0 Å². The van der Waals surface area contributed by atoms with Crippen molar-refractivity contribution in [3.05, 3.63) is 74.9 Å². The summed E-state index contributed by atoms with van der Waals surface area (Å²) >= 11 is 13.3. The van der Waals surface area contributed by atoms with Crippen LogP contribution in [0.25, 0.3) is 0 Å². The van der Waals surface area contributed by atoms with E-state index in [4.69, 9.17) is 0 Å². The fourth-order valence-electron chi connectivity index (χ4n) is 2.62. The molecule has 12 heteroatoms. The number of hydrogen-bond acceptors (Lipinski definition) is 2. The minimum absolute atomic E-state index is 0.778. The van der Waals surface area contributed by atoms with Crippen LogP contribution in [-0.4, -0.2) is 49.6 Å². The number of hydrogen-bond donors (Lipinski definition) is 0. The number of rotatable bonds is 9. The summed E-state index contributed by atoms with van der Waals surface area (Å²) in [4.78, 5) is 7.86. The lowest BCUT2D eigenvalue weighted by molar-refractivity contribution is -0.912. The Balaban J connectivity index is 0.000000207. The highest BCUT2D eigenvalue weighted by molar-refractivity contribution is 9.12. The van der Waals surface area contributed by atoms with Gasteiger partial charge in [-0.05, 0) is 0 Å². The van der Waals surface area contributed by atoms with E-state index in [1.807, 2.05) is 21.5 Å². The Labute approximate surface area is 222 Å². The second kappa shape index (κ2) is 16.4. The van der Waals surface area contributed by atoms with Crippen molar-refractivity contribution in [3.8, 4) is 0 Å². The normalized spacial score (nSPS) is 10.2. The van der Waals surface area contributed by atoms with Crippen LogP contribution in [0.1, 0.15) is 0 Å². The summed E-state index contributed by atoms with van der Waals surface area (Å²) in [6.07, 6.45) is 23.5. The fraction of sp³-hybridized carbons (Fsp3) is 0.400. The molecule has 0 unspecified atom stereocenters. The third kappa shape index (κ3) is 10.6. The molecule has 174 valence electrons. The average Bonchev–Trinajstić information content (AvgIpc) is 3.60. The van der Waals surface area contributed by atoms with Crippen LogP contribution in [0.15, 0.2) is 74.9 Å². The molecule has 0 radical (unpaired) electrons. The fourth-order valence-corrected chi connectivity index (χ4v) is 3.44. The first-order chi connectivity index (χ1) is 15.7. The Kier molecular flexibility index (Phi) is 13.8. The van der Waals surface area contributed by atoms with Crippen molar-refractivity contribution in [2.24, 2.45) is 0 Å². The minimum atomic E-state index is 0.778. The van der Waals surface area contributed by atoms with Crippen molar-refractivity contribution in [2.45, 2.75) is 26.4 Å². The van der Waals surface area contributed by atoms with Gasteiger partial charge in [-0.3, -0.25) is 0 Å². The van der Waals surface area contributed by atoms with Crippen LogP contribution in [0, 0.1) is 0 Å². The highest BCUT2D eigenvalue weighted by atomic mass is 79.9. The molecular formula is C20H28Br4N8+2. The zero-order valence-corrected chi connectivity index (χ0v) is 24.0. The quantitative estimate of drug-likeness (QED) is 0.199. The molecule has 32 heavy (non-hydrogen) atoms. The summed E-state index contributed by atoms with van der Waals surface area (Å²) in [6.45, 7) is 3.63. The molecule has 4 heterocycles. The van der Waals surface area contributed by atoms with Crippen LogP contribution in [0.4, 0.5) is 0 Å². The number of alkyl halides is 4. The van der Waals surface area contributed by atoms with Crippen molar-refractivity contribution in [1.82, 2.24) is 28.2 Å². The smallest absolute Gasteiger partial charge is 0.247 e. The molecule has 0 bridgehead atoms. The number of aromatic nitrogens is 8. The SMILES string of the molecule is BrCCBr.BrCCn1cc[n+](C[n+]2ccn(CCBr)c2)c1.c1cn(Cn2ccnc2)cn1. The Hall–Kier alpha value is -1.24. The third-order valence-electron chi connectivity index (χ3n) is 4.02. The molecule has 0 saturated carbocycles. The van der Waals surface area contributed by atoms with E-state index >= 15 is 0 Å². The van der Waals surface area contributed by atoms with E-state index < -0.39 is 0 Å². The first-order valence-corrected chi connectivity index (χ1v) is 14.4. The van der Waals surface area contributed by atoms with Gasteiger partial charge in [0, 0.05) is 46.1 Å². The molecular weight excluding hydrogens is 672 g/mol. The second-order valence-electron chi connectivity index (χ2n) is 6.52. The first kappa shape index (κ1) is 27.0. The van der Waals surface area contributed by atoms with Gasteiger partial charge in [0.25, 0.3) is 0 Å². The topological polar surface area (TPSA) is 53.3 Å². The Morgan fingerprint density at radius 2 is 1.06 bits per heavy atom. The summed E-state index contributed by atoms with van der Waals surface area (Å²) in [5.74, 6) is 0. The van der Waals surface area contributed by atoms with E-state index in [9.17, 15) is 0 Å². The third-order valence-corrected chi connectivity index (χ3v) is 6.59. The maximum atomic E-state index is 3.93. The molecule has 0 aliphatic carbocycles. The van der Waals surface area contributed by atoms with Crippen molar-refractivity contribution in [2.75, 3.05) is 21.3 Å². The second-order valence-corrected chi connectivity index (χ2v) is 9.70. The molecule has 0 amide bonds. The van der Waals surface area contributed by atoms with Crippen LogP contribution >= 0.6 is 63.7 Å². The van der Waals surface area contributed by atoms with Crippen LogP contribution in [0.2, 0.25) is 0 Å². The number of nitrogens with zero attached hydrogens (tertiary/aromatic N) is 8. The summed E-state index contributed by atoms with van der Waals surface area (Å²) in [6, 6.07) is 0. The van der Waals surface area contributed by atoms with Gasteiger partial charge in [-0.15, -0.1) is 0 Å². The molecule has 0 aliphatic rings. The van der Waals surface area contributed by atoms with Crippen LogP contribution in [-0.2, 0) is 26.4 Å². The zero-order valence-electron chi connectivity index (χ0n) is 17.7. The molecule has 4 aromatic rings. The maximum Gasteiger partial charge on any atom is 0.247 e. The summed E-state index contributed by atoms with van der Waals surface area (Å²) in [5.41, 5.74) is 0. The van der Waals surface area contributed by atoms with Crippen LogP contribution in [0.3, 0.4) is 0 Å². The molecule has 0 saturated heterocycles. The van der Waals surface area contributed by atoms with E-state index in [0.29, 0.717) is 0 Å². The van der Waals surface area contributed by atoms with Crippen molar-refractivity contribution in [1.29, 1.82) is 0 Å². The standard InChI is InChI=1S/C11H16Br2N4.C7H8N4.C2H4Br2/c12-1-3-14-5-7-16(9-14)11-17-8-6-15(10-17)4-2-13;1-3-10(5-8-1)7-11-4-2-9-6-11;3-1-2-4/h5-10H,1-4,11H2;1-6H,7H2;1-2H2/q+2;;. The van der Waals surface area contributed by atoms with E-state index in [2.05, 4.69) is 129 Å². The molecule has 0 aromatic carbocycles. The highest BCUT2D eigenvalue weighted by Gasteiger charge is 2.08. The molecule has 0 spiro atoms. The molecule has 8 nitrogen and oxygen atoms in total. The van der Waals surface area contributed by atoms with Gasteiger partial charge in [0.05, 0.1) is 25.7 Å². The first-order valence-electron chi connectivity index (χ1n) is 9.93. The highest BCUT2D eigenvalue weighted by Crippen LogP contribution is 1.91. The molecule has 0 N–H and O–H groups in total. The monoisotopic (exact) mass is 696 g/mol. The average molecular weight is 700 g/mol. The lowest BCUT2D eigenvalue weighted by Crippen LogP contribution is -2.49. The Morgan fingerprint density at radius 1 is 0.594 bits per heavy atom.